The minimum Gasteiger partial charge on any atom is -0.339 e. The number of amides is 1. The number of nitrogens with two attached hydrogens (primary N) is 1. The van der Waals surface area contributed by atoms with Crippen molar-refractivity contribution in [3.8, 4) is 0 Å². The molecule has 1 aliphatic carbocycles. The maximum atomic E-state index is 12.3. The van der Waals surface area contributed by atoms with Crippen molar-refractivity contribution in [3.63, 3.8) is 0 Å². The van der Waals surface area contributed by atoms with Gasteiger partial charge in [-0.1, -0.05) is 19.8 Å². The van der Waals surface area contributed by atoms with Crippen LogP contribution < -0.4 is 5.73 Å². The van der Waals surface area contributed by atoms with E-state index in [0.29, 0.717) is 6.54 Å². The van der Waals surface area contributed by atoms with Crippen LogP contribution in [0.15, 0.2) is 0 Å². The molecule has 0 spiro atoms. The van der Waals surface area contributed by atoms with Gasteiger partial charge in [0.25, 0.3) is 0 Å². The Morgan fingerprint density at radius 1 is 1.40 bits per heavy atom. The Morgan fingerprint density at radius 2 is 1.87 bits per heavy atom. The second-order valence-corrected chi connectivity index (χ2v) is 5.65. The van der Waals surface area contributed by atoms with Crippen molar-refractivity contribution in [2.45, 2.75) is 52.0 Å². The lowest BCUT2D eigenvalue weighted by Crippen LogP contribution is -2.53. The molecular formula is C12H24N2O. The summed E-state index contributed by atoms with van der Waals surface area (Å²) in [4.78, 5) is 14.2. The number of carbonyl (C=O) groups excluding carboxylic acids is 1. The molecule has 0 aromatic heterocycles. The SMILES string of the molecule is CN(C(=O)C1(C)CCCC1)C(C)(C)CN. The fraction of sp³-hybridized carbons (Fsp3) is 0.917. The van der Waals surface area contributed by atoms with Gasteiger partial charge in [0.1, 0.15) is 0 Å². The van der Waals surface area contributed by atoms with Gasteiger partial charge in [-0.15, -0.1) is 0 Å². The van der Waals surface area contributed by atoms with Gasteiger partial charge in [0.05, 0.1) is 0 Å². The van der Waals surface area contributed by atoms with Crippen molar-refractivity contribution in [3.05, 3.63) is 0 Å². The summed E-state index contributed by atoms with van der Waals surface area (Å²) in [6.45, 7) is 6.63. The number of nitrogens with zero attached hydrogens (tertiary/aromatic N) is 1. The summed E-state index contributed by atoms with van der Waals surface area (Å²) < 4.78 is 0. The average Bonchev–Trinajstić information content (AvgIpc) is 2.64. The van der Waals surface area contributed by atoms with Crippen LogP contribution in [-0.4, -0.2) is 29.9 Å². The van der Waals surface area contributed by atoms with E-state index < -0.39 is 0 Å². The van der Waals surface area contributed by atoms with Crippen LogP contribution in [0.25, 0.3) is 0 Å². The highest BCUT2D eigenvalue weighted by Crippen LogP contribution is 2.39. The van der Waals surface area contributed by atoms with Gasteiger partial charge in [0.15, 0.2) is 0 Å². The number of rotatable bonds is 3. The van der Waals surface area contributed by atoms with Gasteiger partial charge in [-0.05, 0) is 26.7 Å². The fourth-order valence-electron chi connectivity index (χ4n) is 2.19. The Bertz CT molecular complexity index is 242. The molecule has 0 unspecified atom stereocenters. The van der Waals surface area contributed by atoms with Gasteiger partial charge in [-0.2, -0.15) is 0 Å². The van der Waals surface area contributed by atoms with Crippen LogP contribution >= 0.6 is 0 Å². The molecule has 15 heavy (non-hydrogen) atoms. The number of hydrogen-bond acceptors (Lipinski definition) is 2. The number of likely N-dealkylation sites (N-methyl/N-ethyl adjacent to an activating group) is 1. The highest BCUT2D eigenvalue weighted by molar-refractivity contribution is 5.83. The van der Waals surface area contributed by atoms with Gasteiger partial charge in [-0.25, -0.2) is 0 Å². The van der Waals surface area contributed by atoms with Crippen molar-refractivity contribution in [2.75, 3.05) is 13.6 Å². The first-order valence-electron chi connectivity index (χ1n) is 5.82. The Labute approximate surface area is 93.0 Å². The summed E-state index contributed by atoms with van der Waals surface area (Å²) in [6.07, 6.45) is 4.41. The van der Waals surface area contributed by atoms with Crippen molar-refractivity contribution >= 4 is 5.91 Å². The number of hydrogen-bond donors (Lipinski definition) is 1. The van der Waals surface area contributed by atoms with Gasteiger partial charge >= 0.3 is 0 Å². The molecule has 0 radical (unpaired) electrons. The van der Waals surface area contributed by atoms with E-state index in [2.05, 4.69) is 6.92 Å². The van der Waals surface area contributed by atoms with E-state index in [1.165, 1.54) is 12.8 Å². The first-order valence-corrected chi connectivity index (χ1v) is 5.82. The van der Waals surface area contributed by atoms with E-state index >= 15 is 0 Å². The Morgan fingerprint density at radius 3 is 2.27 bits per heavy atom. The maximum Gasteiger partial charge on any atom is 0.228 e. The smallest absolute Gasteiger partial charge is 0.228 e. The van der Waals surface area contributed by atoms with Crippen molar-refractivity contribution in [1.29, 1.82) is 0 Å². The van der Waals surface area contributed by atoms with Crippen LogP contribution in [0, 0.1) is 5.41 Å². The van der Waals surface area contributed by atoms with E-state index in [9.17, 15) is 4.79 Å². The molecule has 0 atom stereocenters. The Kier molecular flexibility index (Phi) is 3.44. The average molecular weight is 212 g/mol. The van der Waals surface area contributed by atoms with Gasteiger partial charge in [0, 0.05) is 24.5 Å². The standard InChI is InChI=1S/C12H24N2O/c1-11(2,9-13)14(4)10(15)12(3)7-5-6-8-12/h5-9,13H2,1-4H3. The first kappa shape index (κ1) is 12.5. The zero-order valence-electron chi connectivity index (χ0n) is 10.5. The Balaban J connectivity index is 2.76. The van der Waals surface area contributed by atoms with E-state index in [1.54, 1.807) is 0 Å². The summed E-state index contributed by atoms with van der Waals surface area (Å²) in [6, 6.07) is 0. The third kappa shape index (κ3) is 2.33. The van der Waals surface area contributed by atoms with Crippen molar-refractivity contribution < 1.29 is 4.79 Å². The molecule has 2 N–H and O–H groups in total. The van der Waals surface area contributed by atoms with E-state index in [0.717, 1.165) is 12.8 Å². The van der Waals surface area contributed by atoms with Crippen LogP contribution in [0.2, 0.25) is 0 Å². The molecule has 1 amide bonds. The molecule has 0 heterocycles. The van der Waals surface area contributed by atoms with Crippen LogP contribution in [0.3, 0.4) is 0 Å². The van der Waals surface area contributed by atoms with Crippen LogP contribution in [-0.2, 0) is 4.79 Å². The predicted molar refractivity (Wildman–Crippen MR) is 62.5 cm³/mol. The first-order chi connectivity index (χ1) is 6.83. The second-order valence-electron chi connectivity index (χ2n) is 5.65. The highest BCUT2D eigenvalue weighted by Gasteiger charge is 2.41. The zero-order valence-corrected chi connectivity index (χ0v) is 10.5. The summed E-state index contributed by atoms with van der Waals surface area (Å²) in [5.41, 5.74) is 5.32. The molecule has 3 nitrogen and oxygen atoms in total. The van der Waals surface area contributed by atoms with E-state index in [-0.39, 0.29) is 16.9 Å². The number of carbonyl (C=O) groups is 1. The molecule has 1 aliphatic rings. The largest absolute Gasteiger partial charge is 0.339 e. The molecular weight excluding hydrogens is 188 g/mol. The minimum absolute atomic E-state index is 0.138. The van der Waals surface area contributed by atoms with Gasteiger partial charge in [-0.3, -0.25) is 4.79 Å². The summed E-state index contributed by atoms with van der Waals surface area (Å²) in [7, 11) is 1.87. The van der Waals surface area contributed by atoms with Crippen molar-refractivity contribution in [1.82, 2.24) is 4.90 Å². The molecule has 0 aromatic carbocycles. The van der Waals surface area contributed by atoms with E-state index in [1.807, 2.05) is 25.8 Å². The lowest BCUT2D eigenvalue weighted by atomic mass is 9.85. The van der Waals surface area contributed by atoms with Gasteiger partial charge < -0.3 is 10.6 Å². The normalized spacial score (nSPS) is 20.3. The van der Waals surface area contributed by atoms with Crippen LogP contribution in [0.1, 0.15) is 46.5 Å². The second kappa shape index (κ2) is 4.12. The minimum atomic E-state index is -0.233. The van der Waals surface area contributed by atoms with Crippen LogP contribution in [0.5, 0.6) is 0 Å². The molecule has 88 valence electrons. The van der Waals surface area contributed by atoms with Gasteiger partial charge in [0.2, 0.25) is 5.91 Å². The molecule has 0 bridgehead atoms. The fourth-order valence-corrected chi connectivity index (χ4v) is 2.19. The third-order valence-corrected chi connectivity index (χ3v) is 3.94. The zero-order chi connectivity index (χ0) is 11.7. The third-order valence-electron chi connectivity index (χ3n) is 3.94. The molecule has 1 fully saturated rings. The van der Waals surface area contributed by atoms with E-state index in [4.69, 9.17) is 5.73 Å². The molecule has 0 saturated heterocycles. The quantitative estimate of drug-likeness (QED) is 0.775. The summed E-state index contributed by atoms with van der Waals surface area (Å²) in [5, 5.41) is 0. The van der Waals surface area contributed by atoms with Crippen LogP contribution in [0.4, 0.5) is 0 Å². The molecule has 3 heteroatoms. The predicted octanol–water partition coefficient (Wildman–Crippen LogP) is 1.76. The molecule has 1 saturated carbocycles. The molecule has 1 rings (SSSR count). The monoisotopic (exact) mass is 212 g/mol. The lowest BCUT2D eigenvalue weighted by molar-refractivity contribution is -0.144. The lowest BCUT2D eigenvalue weighted by Gasteiger charge is -2.39. The summed E-state index contributed by atoms with van der Waals surface area (Å²) in [5.74, 6) is 0.260. The summed E-state index contributed by atoms with van der Waals surface area (Å²) >= 11 is 0. The Hall–Kier alpha value is -0.570. The highest BCUT2D eigenvalue weighted by atomic mass is 16.2. The molecule has 0 aromatic rings. The van der Waals surface area contributed by atoms with Crippen molar-refractivity contribution in [2.24, 2.45) is 11.1 Å². The topological polar surface area (TPSA) is 46.3 Å². The molecule has 0 aliphatic heterocycles. The maximum absolute atomic E-state index is 12.3.